The maximum atomic E-state index is 6.49. The molecule has 2 rings (SSSR count). The van der Waals surface area contributed by atoms with Crippen molar-refractivity contribution in [3.63, 3.8) is 0 Å². The molecule has 29 heavy (non-hydrogen) atoms. The first-order valence-electron chi connectivity index (χ1n) is 9.83. The number of halogens is 2. The first-order valence-corrected chi connectivity index (χ1v) is 10.2. The second-order valence-electron chi connectivity index (χ2n) is 6.52. The average Bonchev–Trinajstić information content (AvgIpc) is 2.73. The summed E-state index contributed by atoms with van der Waals surface area (Å²) in [6.07, 6.45) is 0.905. The van der Waals surface area contributed by atoms with Gasteiger partial charge in [-0.25, -0.2) is 0 Å². The van der Waals surface area contributed by atoms with Crippen LogP contribution < -0.4 is 10.6 Å². The van der Waals surface area contributed by atoms with Gasteiger partial charge < -0.3 is 24.8 Å². The summed E-state index contributed by atoms with van der Waals surface area (Å²) >= 11 is 6.49. The molecule has 1 saturated heterocycles. The lowest BCUT2D eigenvalue weighted by atomic mass is 10.0. The van der Waals surface area contributed by atoms with E-state index in [0.717, 1.165) is 55.8 Å². The zero-order valence-corrected chi connectivity index (χ0v) is 20.4. The minimum absolute atomic E-state index is 0. The molecular weight excluding hydrogens is 507 g/mol. The highest BCUT2D eigenvalue weighted by Gasteiger charge is 2.24. The van der Waals surface area contributed by atoms with Gasteiger partial charge in [-0.05, 0) is 18.1 Å². The number of hydrogen-bond acceptors (Lipinski definition) is 5. The lowest BCUT2D eigenvalue weighted by Crippen LogP contribution is -2.46. The predicted octanol–water partition coefficient (Wildman–Crippen LogP) is 2.55. The minimum Gasteiger partial charge on any atom is -0.382 e. The van der Waals surface area contributed by atoms with Crippen molar-refractivity contribution in [3.05, 3.63) is 34.9 Å². The summed E-state index contributed by atoms with van der Waals surface area (Å²) in [5, 5.41) is 7.57. The van der Waals surface area contributed by atoms with Crippen molar-refractivity contribution in [3.8, 4) is 0 Å². The lowest BCUT2D eigenvalue weighted by molar-refractivity contribution is 0.0170. The van der Waals surface area contributed by atoms with Gasteiger partial charge >= 0.3 is 0 Å². The van der Waals surface area contributed by atoms with Crippen molar-refractivity contribution in [2.75, 3.05) is 73.4 Å². The maximum Gasteiger partial charge on any atom is 0.191 e. The summed E-state index contributed by atoms with van der Waals surface area (Å²) in [6, 6.07) is 8.20. The highest BCUT2D eigenvalue weighted by atomic mass is 127. The van der Waals surface area contributed by atoms with Gasteiger partial charge in [-0.3, -0.25) is 9.89 Å². The molecule has 0 bridgehead atoms. The number of aliphatic imine (C=N–C) groups is 1. The van der Waals surface area contributed by atoms with Gasteiger partial charge in [0, 0.05) is 52.0 Å². The van der Waals surface area contributed by atoms with Crippen molar-refractivity contribution in [2.24, 2.45) is 4.99 Å². The molecule has 1 fully saturated rings. The first kappa shape index (κ1) is 26.4. The van der Waals surface area contributed by atoms with E-state index >= 15 is 0 Å². The molecule has 2 N–H and O–H groups in total. The van der Waals surface area contributed by atoms with Gasteiger partial charge in [0.15, 0.2) is 5.96 Å². The van der Waals surface area contributed by atoms with Crippen LogP contribution in [-0.2, 0) is 14.2 Å². The number of rotatable bonds is 11. The zero-order chi connectivity index (χ0) is 20.0. The van der Waals surface area contributed by atoms with E-state index in [-0.39, 0.29) is 30.0 Å². The van der Waals surface area contributed by atoms with E-state index in [1.807, 2.05) is 18.2 Å². The fraction of sp³-hybridized carbons (Fsp3) is 0.650. The van der Waals surface area contributed by atoms with Gasteiger partial charge in [-0.15, -0.1) is 24.0 Å². The summed E-state index contributed by atoms with van der Waals surface area (Å²) < 4.78 is 16.0. The Bertz CT molecular complexity index is 589. The number of guanidine groups is 1. The lowest BCUT2D eigenvalue weighted by Gasteiger charge is -2.35. The standard InChI is InChI=1S/C20H33ClN4O3.HI/c1-22-20(23-8-5-11-27-15-14-26-2)24-16-19(25-9-12-28-13-10-25)17-6-3-4-7-18(17)21;/h3-4,6-7,19H,5,8-16H2,1-2H3,(H2,22,23,24);1H. The Labute approximate surface area is 196 Å². The van der Waals surface area contributed by atoms with Crippen LogP contribution in [0.1, 0.15) is 18.0 Å². The summed E-state index contributed by atoms with van der Waals surface area (Å²) in [6.45, 7) is 6.74. The van der Waals surface area contributed by atoms with Crippen molar-refractivity contribution < 1.29 is 14.2 Å². The minimum atomic E-state index is 0. The Morgan fingerprint density at radius 2 is 1.97 bits per heavy atom. The van der Waals surface area contributed by atoms with Gasteiger partial charge in [0.1, 0.15) is 0 Å². The third-order valence-electron chi connectivity index (χ3n) is 4.63. The third kappa shape index (κ3) is 9.80. The van der Waals surface area contributed by atoms with E-state index in [9.17, 15) is 0 Å². The van der Waals surface area contributed by atoms with Gasteiger partial charge in [-0.1, -0.05) is 29.8 Å². The molecular formula is C20H34ClIN4O3. The first-order chi connectivity index (χ1) is 13.8. The zero-order valence-electron chi connectivity index (χ0n) is 17.4. The number of nitrogens with one attached hydrogen (secondary N) is 2. The van der Waals surface area contributed by atoms with E-state index in [1.54, 1.807) is 14.2 Å². The molecule has 7 nitrogen and oxygen atoms in total. The molecule has 0 radical (unpaired) electrons. The summed E-state index contributed by atoms with van der Waals surface area (Å²) in [5.41, 5.74) is 1.13. The molecule has 0 saturated carbocycles. The second-order valence-corrected chi connectivity index (χ2v) is 6.93. The number of hydrogen-bond donors (Lipinski definition) is 2. The molecule has 1 unspecified atom stereocenters. The summed E-state index contributed by atoms with van der Waals surface area (Å²) in [4.78, 5) is 6.74. The number of morpholine rings is 1. The van der Waals surface area contributed by atoms with Crippen LogP contribution in [0.2, 0.25) is 5.02 Å². The van der Waals surface area contributed by atoms with Crippen molar-refractivity contribution in [1.82, 2.24) is 15.5 Å². The molecule has 0 spiro atoms. The van der Waals surface area contributed by atoms with E-state index < -0.39 is 0 Å². The number of ether oxygens (including phenoxy) is 3. The largest absolute Gasteiger partial charge is 0.382 e. The van der Waals surface area contributed by atoms with Crippen LogP contribution in [-0.4, -0.2) is 84.2 Å². The summed E-state index contributed by atoms with van der Waals surface area (Å²) in [7, 11) is 3.46. The molecule has 166 valence electrons. The molecule has 1 aromatic carbocycles. The SMILES string of the molecule is CN=C(NCCCOCCOC)NCC(c1ccccc1Cl)N1CCOCC1.I. The van der Waals surface area contributed by atoms with E-state index in [0.29, 0.717) is 26.4 Å². The predicted molar refractivity (Wildman–Crippen MR) is 129 cm³/mol. The molecule has 1 aromatic rings. The van der Waals surface area contributed by atoms with Crippen LogP contribution in [0.15, 0.2) is 29.3 Å². The molecule has 0 amide bonds. The van der Waals surface area contributed by atoms with Crippen LogP contribution in [0.3, 0.4) is 0 Å². The molecule has 0 aromatic heterocycles. The number of nitrogens with zero attached hydrogens (tertiary/aromatic N) is 2. The average molecular weight is 541 g/mol. The fourth-order valence-electron chi connectivity index (χ4n) is 3.11. The summed E-state index contributed by atoms with van der Waals surface area (Å²) in [5.74, 6) is 0.780. The molecule has 1 aliphatic heterocycles. The normalized spacial score (nSPS) is 16.2. The van der Waals surface area contributed by atoms with Gasteiger partial charge in [0.25, 0.3) is 0 Å². The van der Waals surface area contributed by atoms with Crippen molar-refractivity contribution in [2.45, 2.75) is 12.5 Å². The topological polar surface area (TPSA) is 67.4 Å². The molecule has 9 heteroatoms. The molecule has 1 heterocycles. The number of methoxy groups -OCH3 is 1. The van der Waals surface area contributed by atoms with Crippen LogP contribution in [0.4, 0.5) is 0 Å². The Morgan fingerprint density at radius 3 is 2.66 bits per heavy atom. The highest BCUT2D eigenvalue weighted by Crippen LogP contribution is 2.27. The van der Waals surface area contributed by atoms with Crippen molar-refractivity contribution in [1.29, 1.82) is 0 Å². The Hall–Kier alpha value is -0.650. The van der Waals surface area contributed by atoms with E-state index in [2.05, 4.69) is 26.6 Å². The maximum absolute atomic E-state index is 6.49. The second kappa shape index (κ2) is 16.1. The van der Waals surface area contributed by atoms with Gasteiger partial charge in [0.05, 0.1) is 32.5 Å². The fourth-order valence-corrected chi connectivity index (χ4v) is 3.37. The van der Waals surface area contributed by atoms with Crippen LogP contribution >= 0.6 is 35.6 Å². The van der Waals surface area contributed by atoms with Crippen LogP contribution in [0.25, 0.3) is 0 Å². The Balaban J connectivity index is 0.00000420. The Morgan fingerprint density at radius 1 is 1.21 bits per heavy atom. The third-order valence-corrected chi connectivity index (χ3v) is 4.97. The highest BCUT2D eigenvalue weighted by molar-refractivity contribution is 14.0. The molecule has 1 aliphatic rings. The van der Waals surface area contributed by atoms with E-state index in [1.165, 1.54) is 0 Å². The van der Waals surface area contributed by atoms with Gasteiger partial charge in [0.2, 0.25) is 0 Å². The smallest absolute Gasteiger partial charge is 0.191 e. The van der Waals surface area contributed by atoms with Gasteiger partial charge in [-0.2, -0.15) is 0 Å². The van der Waals surface area contributed by atoms with Crippen LogP contribution in [0.5, 0.6) is 0 Å². The Kier molecular flexibility index (Phi) is 14.6. The number of benzene rings is 1. The van der Waals surface area contributed by atoms with Crippen LogP contribution in [0, 0.1) is 0 Å². The van der Waals surface area contributed by atoms with Crippen molar-refractivity contribution >= 4 is 41.5 Å². The monoisotopic (exact) mass is 540 g/mol. The quantitative estimate of drug-likeness (QED) is 0.195. The molecule has 0 aliphatic carbocycles. The van der Waals surface area contributed by atoms with E-state index in [4.69, 9.17) is 25.8 Å². The molecule has 1 atom stereocenters.